The highest BCUT2D eigenvalue weighted by atomic mass is 16.5. The van der Waals surface area contributed by atoms with Gasteiger partial charge in [0.2, 0.25) is 5.91 Å². The number of fused-ring (bicyclic) bond motifs is 1. The summed E-state index contributed by atoms with van der Waals surface area (Å²) in [6, 6.07) is 7.00. The highest BCUT2D eigenvalue weighted by Crippen LogP contribution is 2.27. The summed E-state index contributed by atoms with van der Waals surface area (Å²) in [6.45, 7) is 4.35. The van der Waals surface area contributed by atoms with Crippen LogP contribution in [0.15, 0.2) is 24.3 Å². The van der Waals surface area contributed by atoms with Crippen LogP contribution in [-0.4, -0.2) is 30.1 Å². The third-order valence-electron chi connectivity index (χ3n) is 3.81. The van der Waals surface area contributed by atoms with Crippen LogP contribution >= 0.6 is 0 Å². The molecular formula is C15H20N2O3. The number of anilines is 1. The summed E-state index contributed by atoms with van der Waals surface area (Å²) < 4.78 is 4.84. The van der Waals surface area contributed by atoms with Crippen molar-refractivity contribution in [3.63, 3.8) is 0 Å². The molecule has 0 bridgehead atoms. The van der Waals surface area contributed by atoms with Gasteiger partial charge in [-0.3, -0.25) is 9.69 Å². The van der Waals surface area contributed by atoms with E-state index in [1.165, 1.54) is 12.0 Å². The Kier molecular flexibility index (Phi) is 4.27. The quantitative estimate of drug-likeness (QED) is 0.903. The van der Waals surface area contributed by atoms with Crippen LogP contribution in [0, 0.1) is 5.92 Å². The first-order chi connectivity index (χ1) is 9.58. The molecule has 0 fully saturated rings. The van der Waals surface area contributed by atoms with E-state index >= 15 is 0 Å². The molecule has 1 heterocycles. The van der Waals surface area contributed by atoms with Crippen LogP contribution in [-0.2, 0) is 16.1 Å². The SMILES string of the molecule is CCC(C)[C@H]1C(=O)Nc2ccccc2CN1C(=O)OC. The molecule has 0 spiro atoms. The van der Waals surface area contributed by atoms with Crippen molar-refractivity contribution in [3.05, 3.63) is 29.8 Å². The maximum absolute atomic E-state index is 12.4. The molecule has 1 aliphatic rings. The zero-order valence-corrected chi connectivity index (χ0v) is 12.1. The second kappa shape index (κ2) is 5.94. The van der Waals surface area contributed by atoms with Gasteiger partial charge in [-0.2, -0.15) is 0 Å². The van der Waals surface area contributed by atoms with Crippen LogP contribution in [0.5, 0.6) is 0 Å². The molecule has 1 aliphatic heterocycles. The molecule has 2 amide bonds. The van der Waals surface area contributed by atoms with Crippen molar-refractivity contribution >= 4 is 17.7 Å². The zero-order valence-electron chi connectivity index (χ0n) is 12.1. The van der Waals surface area contributed by atoms with E-state index in [0.29, 0.717) is 6.54 Å². The summed E-state index contributed by atoms with van der Waals surface area (Å²) in [7, 11) is 1.34. The number of ether oxygens (including phenoxy) is 1. The third-order valence-corrected chi connectivity index (χ3v) is 3.81. The first kappa shape index (κ1) is 14.4. The molecule has 1 aromatic rings. The van der Waals surface area contributed by atoms with Crippen molar-refractivity contribution in [2.45, 2.75) is 32.9 Å². The van der Waals surface area contributed by atoms with Crippen LogP contribution < -0.4 is 5.32 Å². The minimum atomic E-state index is -0.514. The Morgan fingerprint density at radius 2 is 2.20 bits per heavy atom. The number of nitrogens with one attached hydrogen (secondary N) is 1. The molecule has 0 aromatic heterocycles. The van der Waals surface area contributed by atoms with Crippen LogP contribution in [0.1, 0.15) is 25.8 Å². The molecule has 1 aromatic carbocycles. The Labute approximate surface area is 118 Å². The van der Waals surface area contributed by atoms with E-state index in [-0.39, 0.29) is 11.8 Å². The Bertz CT molecular complexity index is 516. The second-order valence-electron chi connectivity index (χ2n) is 5.07. The lowest BCUT2D eigenvalue weighted by Crippen LogP contribution is -2.48. The molecule has 0 aliphatic carbocycles. The molecular weight excluding hydrogens is 256 g/mol. The Hall–Kier alpha value is -2.04. The maximum Gasteiger partial charge on any atom is 0.410 e. The van der Waals surface area contributed by atoms with Crippen molar-refractivity contribution in [1.29, 1.82) is 0 Å². The standard InChI is InChI=1S/C15H20N2O3/c1-4-10(2)13-14(18)16-12-8-6-5-7-11(12)9-17(13)15(19)20-3/h5-8,10,13H,4,9H2,1-3H3,(H,16,18)/t10?,13-/m0/s1. The fraction of sp³-hybridized carbons (Fsp3) is 0.467. The van der Waals surface area contributed by atoms with Gasteiger partial charge in [-0.15, -0.1) is 0 Å². The van der Waals surface area contributed by atoms with Gasteiger partial charge in [-0.05, 0) is 17.5 Å². The summed E-state index contributed by atoms with van der Waals surface area (Å²) in [4.78, 5) is 26.0. The lowest BCUT2D eigenvalue weighted by molar-refractivity contribution is -0.122. The summed E-state index contributed by atoms with van der Waals surface area (Å²) in [5, 5.41) is 2.91. The second-order valence-corrected chi connectivity index (χ2v) is 5.07. The monoisotopic (exact) mass is 276 g/mol. The van der Waals surface area contributed by atoms with Crippen molar-refractivity contribution in [2.24, 2.45) is 5.92 Å². The van der Waals surface area contributed by atoms with E-state index in [4.69, 9.17) is 4.74 Å². The van der Waals surface area contributed by atoms with Gasteiger partial charge in [-0.25, -0.2) is 4.79 Å². The highest BCUT2D eigenvalue weighted by molar-refractivity contribution is 5.98. The molecule has 20 heavy (non-hydrogen) atoms. The molecule has 0 radical (unpaired) electrons. The predicted octanol–water partition coefficient (Wildman–Crippen LogP) is 2.62. The van der Waals surface area contributed by atoms with Crippen molar-refractivity contribution in [2.75, 3.05) is 12.4 Å². The molecule has 1 unspecified atom stereocenters. The van der Waals surface area contributed by atoms with Crippen LogP contribution in [0.2, 0.25) is 0 Å². The lowest BCUT2D eigenvalue weighted by atomic mass is 9.97. The van der Waals surface area contributed by atoms with E-state index in [9.17, 15) is 9.59 Å². The Morgan fingerprint density at radius 3 is 2.85 bits per heavy atom. The lowest BCUT2D eigenvalue weighted by Gasteiger charge is -2.31. The average Bonchev–Trinajstić information content (AvgIpc) is 2.61. The summed E-state index contributed by atoms with van der Waals surface area (Å²) in [6.07, 6.45) is 0.337. The number of amides is 2. The fourth-order valence-corrected chi connectivity index (χ4v) is 2.49. The predicted molar refractivity (Wildman–Crippen MR) is 76.3 cm³/mol. The van der Waals surface area contributed by atoms with Crippen LogP contribution in [0.25, 0.3) is 0 Å². The average molecular weight is 276 g/mol. The summed E-state index contributed by atoms with van der Waals surface area (Å²) in [5.41, 5.74) is 1.68. The first-order valence-corrected chi connectivity index (χ1v) is 6.81. The maximum atomic E-state index is 12.4. The molecule has 0 saturated heterocycles. The number of rotatable bonds is 2. The van der Waals surface area contributed by atoms with Crippen molar-refractivity contribution in [1.82, 2.24) is 4.90 Å². The molecule has 2 atom stereocenters. The number of hydrogen-bond donors (Lipinski definition) is 1. The van der Waals surface area contributed by atoms with Gasteiger partial charge in [0.1, 0.15) is 6.04 Å². The minimum Gasteiger partial charge on any atom is -0.453 e. The van der Waals surface area contributed by atoms with Gasteiger partial charge in [0.05, 0.1) is 13.7 Å². The number of hydrogen-bond acceptors (Lipinski definition) is 3. The largest absolute Gasteiger partial charge is 0.453 e. The molecule has 5 nitrogen and oxygen atoms in total. The molecule has 108 valence electrons. The molecule has 0 saturated carbocycles. The molecule has 5 heteroatoms. The van der Waals surface area contributed by atoms with Gasteiger partial charge in [0.15, 0.2) is 0 Å². The smallest absolute Gasteiger partial charge is 0.410 e. The van der Waals surface area contributed by atoms with E-state index in [1.54, 1.807) is 0 Å². The molecule has 1 N–H and O–H groups in total. The Balaban J connectivity index is 2.42. The van der Waals surface area contributed by atoms with Gasteiger partial charge < -0.3 is 10.1 Å². The van der Waals surface area contributed by atoms with Gasteiger partial charge in [0, 0.05) is 5.69 Å². The first-order valence-electron chi connectivity index (χ1n) is 6.81. The summed E-state index contributed by atoms with van der Waals surface area (Å²) >= 11 is 0. The fourth-order valence-electron chi connectivity index (χ4n) is 2.49. The highest BCUT2D eigenvalue weighted by Gasteiger charge is 2.37. The Morgan fingerprint density at radius 1 is 1.50 bits per heavy atom. The van der Waals surface area contributed by atoms with E-state index in [1.807, 2.05) is 38.1 Å². The number of methoxy groups -OCH3 is 1. The summed E-state index contributed by atoms with van der Waals surface area (Å²) in [5.74, 6) is -0.0990. The molecule has 2 rings (SSSR count). The van der Waals surface area contributed by atoms with Crippen molar-refractivity contribution in [3.8, 4) is 0 Å². The number of benzene rings is 1. The van der Waals surface area contributed by atoms with E-state index < -0.39 is 12.1 Å². The number of para-hydroxylation sites is 1. The topological polar surface area (TPSA) is 58.6 Å². The van der Waals surface area contributed by atoms with Gasteiger partial charge in [0.25, 0.3) is 0 Å². The van der Waals surface area contributed by atoms with Crippen molar-refractivity contribution < 1.29 is 14.3 Å². The van der Waals surface area contributed by atoms with E-state index in [2.05, 4.69) is 5.32 Å². The zero-order chi connectivity index (χ0) is 14.7. The number of carbonyl (C=O) groups is 2. The van der Waals surface area contributed by atoms with E-state index in [0.717, 1.165) is 17.7 Å². The normalized spacial score (nSPS) is 19.6. The number of nitrogens with zero attached hydrogens (tertiary/aromatic N) is 1. The van der Waals surface area contributed by atoms with Gasteiger partial charge in [-0.1, -0.05) is 38.5 Å². The van der Waals surface area contributed by atoms with Crippen LogP contribution in [0.3, 0.4) is 0 Å². The van der Waals surface area contributed by atoms with Crippen LogP contribution in [0.4, 0.5) is 10.5 Å². The third kappa shape index (κ3) is 2.61. The number of carbonyl (C=O) groups excluding carboxylic acids is 2. The minimum absolute atomic E-state index is 0.0587. The van der Waals surface area contributed by atoms with Gasteiger partial charge >= 0.3 is 6.09 Å².